The Balaban J connectivity index is -0.000000703. The van der Waals surface area contributed by atoms with Gasteiger partial charge >= 0.3 is 0 Å². The summed E-state index contributed by atoms with van der Waals surface area (Å²) in [6.07, 6.45) is 0. The number of thioether (sulfide) groups is 8. The molecular weight excluding hydrogens is 2250 g/mol. The number of aryl methyl sites for hydroxylation is 2. The van der Waals surface area contributed by atoms with Gasteiger partial charge in [0, 0.05) is 108 Å². The third-order valence-corrected chi connectivity index (χ3v) is 32.6. The Hall–Kier alpha value is -0.566. The second-order valence-corrected chi connectivity index (χ2v) is 51.3. The van der Waals surface area contributed by atoms with Gasteiger partial charge in [-0.25, -0.2) is 8.78 Å². The summed E-state index contributed by atoms with van der Waals surface area (Å²) in [4.78, 5) is 5.00. The van der Waals surface area contributed by atoms with Crippen molar-refractivity contribution in [2.75, 3.05) is 14.2 Å². The maximum atomic E-state index is 13.1. The summed E-state index contributed by atoms with van der Waals surface area (Å²) in [5, 5.41) is 4.25. The number of hydrogen-bond donors (Lipinski definition) is 0. The fraction of sp³-hybridized carbons (Fsp3) is 0.347. The Morgan fingerprint density at radius 2 is 0.377 bits per heavy atom. The Bertz CT molecular complexity index is 4360. The Kier molecular flexibility index (Phi) is 77.7. The zero-order valence-corrected chi connectivity index (χ0v) is 100. The smallest absolute Gasteiger partial charge is 0.123 e. The van der Waals surface area contributed by atoms with Gasteiger partial charge in [0.1, 0.15) is 23.1 Å². The van der Waals surface area contributed by atoms with Crippen LogP contribution in [-0.4, -0.2) is 56.2 Å². The summed E-state index contributed by atoms with van der Waals surface area (Å²) in [7, 11) is 3.27. The number of rotatable bonds is 28. The van der Waals surface area contributed by atoms with E-state index in [4.69, 9.17) is 212 Å². The van der Waals surface area contributed by atoms with Crippen molar-refractivity contribution in [2.24, 2.45) is 0 Å². The van der Waals surface area contributed by atoms with Gasteiger partial charge in [0.05, 0.1) is 14.2 Å². The van der Waals surface area contributed by atoms with Gasteiger partial charge in [0.25, 0.3) is 0 Å². The molecular formula is C98H114F2Ni4O2S24-16. The van der Waals surface area contributed by atoms with Gasteiger partial charge in [0.2, 0.25) is 0 Å². The van der Waals surface area contributed by atoms with Crippen LogP contribution in [0, 0.1) is 25.5 Å². The number of ether oxygens (including phenoxy) is 2. The number of hydrogen-bond acceptors (Lipinski definition) is 26. The molecule has 0 heterocycles. The summed E-state index contributed by atoms with van der Waals surface area (Å²) >= 11 is 98.1. The van der Waals surface area contributed by atoms with E-state index in [-0.39, 0.29) is 77.6 Å². The SMILES string of the molecule is CC(C)SC([S-])=C([S-])SC(C)C.CC(C)SC([S-])=C([S-])SC(C)C.CC(C)SC([S-])=C([S-])SC(C)C.CC(C)SC([S-])=C([S-])SC(C)C.CC(C)c1ccc(C([S-])=C([S-])c2ccc(C(C)C)cc2)cc1.COc1ccc(C([S-])=C([S-])c2ccc(OC)cc2)cc1.Cc1ccc(C([S-])=C([S-])c2ccc(C)cc2)cc1.Fc1cccc(C([S-])=C([S-])c2cccc(F)c2)c1.[Ni].[Ni].[Ni].[Ni]. The van der Waals surface area contributed by atoms with E-state index in [2.05, 4.69) is 225 Å². The molecule has 130 heavy (non-hydrogen) atoms. The van der Waals surface area contributed by atoms with Crippen LogP contribution in [0.2, 0.25) is 0 Å². The fourth-order valence-corrected chi connectivity index (χ4v) is 22.5. The van der Waals surface area contributed by atoms with E-state index in [0.29, 0.717) is 84.6 Å². The summed E-state index contributed by atoms with van der Waals surface area (Å²) in [5.74, 6) is 1.89. The maximum absolute atomic E-state index is 13.1. The third kappa shape index (κ3) is 58.0. The Morgan fingerprint density at radius 1 is 0.223 bits per heavy atom. The second kappa shape index (κ2) is 74.4. The molecule has 8 aromatic rings. The van der Waals surface area contributed by atoms with Crippen molar-refractivity contribution in [2.45, 2.75) is 206 Å². The normalized spacial score (nSPS) is 12.4. The average Bonchev–Trinajstić information content (AvgIpc) is 0.859. The molecule has 0 aliphatic heterocycles. The molecule has 8 aromatic carbocycles. The zero-order valence-electron chi connectivity index (χ0n) is 76.9. The van der Waals surface area contributed by atoms with Crippen molar-refractivity contribution in [3.05, 3.63) is 306 Å². The second-order valence-electron chi connectivity index (χ2n) is 30.0. The van der Waals surface area contributed by atoms with Crippen LogP contribution < -0.4 is 9.47 Å². The van der Waals surface area contributed by atoms with Gasteiger partial charge in [-0.1, -0.05) is 295 Å². The molecule has 0 fully saturated rings. The van der Waals surface area contributed by atoms with Crippen LogP contribution in [0.15, 0.2) is 228 Å². The molecule has 0 unspecified atom stereocenters. The molecule has 0 N–H and O–H groups in total. The van der Waals surface area contributed by atoms with Gasteiger partial charge in [0.15, 0.2) is 0 Å². The molecule has 32 heteroatoms. The summed E-state index contributed by atoms with van der Waals surface area (Å²) in [5.41, 5.74) is 12.1. The van der Waals surface area contributed by atoms with Crippen molar-refractivity contribution >= 4 is 335 Å². The quantitative estimate of drug-likeness (QED) is 0.0263. The standard InChI is InChI=1S/C20H24S2.C16H16O2S2.C16H16S2.C14H10F2S2.4C8H16S4.4Ni/c1-13(2)15-5-9-17(10-6-15)19(21)20(22)18-11-7-16(8-12-18)14(3)4;1-17-13-7-3-11(4-8-13)15(19)16(20)12-5-9-14(18-2)10-6-12;1-11-3-7-13(8-4-11)15(17)16(18)14-9-5-12(2)6-10-14;15-11-5-1-3-9(7-11)13(17)14(18)10-4-2-6-12(16)8-10;4*1-5(2)11-7(9)8(10)12-6(3)4;;;;/h5-14,21-22H,1-4H3;3-10,19-20H,1-2H3;3-10,17-18H,1-2H3;1-8,17-18H;4*5-6,9-10H,1-4H3;;;;/p-16. The van der Waals surface area contributed by atoms with Crippen LogP contribution >= 0.6 is 94.1 Å². The molecule has 0 spiro atoms. The zero-order chi connectivity index (χ0) is 95.9. The van der Waals surface area contributed by atoms with Gasteiger partial charge in [-0.05, 0) is 130 Å². The predicted molar refractivity (Wildman–Crippen MR) is 617 cm³/mol. The molecule has 8 rings (SSSR count). The first kappa shape index (κ1) is 136. The molecule has 0 radical (unpaired) electrons. The Morgan fingerprint density at radius 3 is 0.523 bits per heavy atom. The van der Waals surface area contributed by atoms with Crippen molar-refractivity contribution in [1.29, 1.82) is 0 Å². The van der Waals surface area contributed by atoms with Crippen LogP contribution in [0.5, 0.6) is 11.5 Å². The van der Waals surface area contributed by atoms with Crippen LogP contribution in [0.25, 0.3) is 39.2 Å². The first-order valence-electron chi connectivity index (χ1n) is 40.1. The number of methoxy groups -OCH3 is 2. The largest absolute Gasteiger partial charge is 0.781 e. The van der Waals surface area contributed by atoms with Gasteiger partial charge < -0.3 is 212 Å². The molecule has 0 amide bonds. The first-order chi connectivity index (χ1) is 58.9. The average molecular weight is 2370 g/mol. The maximum Gasteiger partial charge on any atom is 0.123 e. The van der Waals surface area contributed by atoms with E-state index >= 15 is 0 Å². The van der Waals surface area contributed by atoms with Crippen LogP contribution in [0.3, 0.4) is 0 Å². The third-order valence-electron chi connectivity index (χ3n) is 15.4. The molecule has 732 valence electrons. The van der Waals surface area contributed by atoms with Crippen molar-refractivity contribution in [3.8, 4) is 11.5 Å². The van der Waals surface area contributed by atoms with E-state index in [9.17, 15) is 8.78 Å². The first-order valence-corrected chi connectivity index (χ1v) is 53.7. The summed E-state index contributed by atoms with van der Waals surface area (Å²) in [6, 6.07) is 60.1. The van der Waals surface area contributed by atoms with Crippen LogP contribution in [-0.2, 0) is 268 Å². The molecule has 0 bridgehead atoms. The molecule has 0 saturated heterocycles. The van der Waals surface area contributed by atoms with Gasteiger partial charge in [-0.15, -0.1) is 0 Å². The fourth-order valence-electron chi connectivity index (χ4n) is 9.34. The van der Waals surface area contributed by atoms with Crippen molar-refractivity contribution in [3.63, 3.8) is 0 Å². The minimum absolute atomic E-state index is 0. The minimum Gasteiger partial charge on any atom is -0.781 e. The van der Waals surface area contributed by atoms with Gasteiger partial charge in [-0.2, -0.15) is 167 Å². The summed E-state index contributed by atoms with van der Waals surface area (Å²) in [6.45, 7) is 46.9. The predicted octanol–water partition coefficient (Wildman–Crippen LogP) is 31.5. The van der Waals surface area contributed by atoms with E-state index < -0.39 is 0 Å². The van der Waals surface area contributed by atoms with Crippen LogP contribution in [0.1, 0.15) is 217 Å². The Labute approximate surface area is 945 Å². The molecule has 0 atom stereocenters. The minimum atomic E-state index is -0.378. The topological polar surface area (TPSA) is 18.5 Å². The van der Waals surface area contributed by atoms with Crippen molar-refractivity contribution in [1.82, 2.24) is 0 Å². The monoisotopic (exact) mass is 2360 g/mol. The van der Waals surface area contributed by atoms with E-state index in [1.165, 1.54) is 46.5 Å². The molecule has 2 nitrogen and oxygen atoms in total. The van der Waals surface area contributed by atoms with Crippen molar-refractivity contribution < 1.29 is 84.2 Å². The molecule has 0 aliphatic carbocycles. The van der Waals surface area contributed by atoms with Gasteiger partial charge in [-0.3, -0.25) is 0 Å². The molecule has 0 saturated carbocycles. The van der Waals surface area contributed by atoms with E-state index in [1.54, 1.807) is 133 Å². The molecule has 0 aromatic heterocycles. The number of benzene rings is 8. The van der Waals surface area contributed by atoms with Crippen LogP contribution in [0.4, 0.5) is 8.78 Å². The molecule has 0 aliphatic rings. The number of halogens is 2. The summed E-state index contributed by atoms with van der Waals surface area (Å²) < 4.78 is 43.4. The van der Waals surface area contributed by atoms with E-state index in [1.807, 2.05) is 72.8 Å². The van der Waals surface area contributed by atoms with E-state index in [0.717, 1.165) is 98.4 Å².